The van der Waals surface area contributed by atoms with Crippen LogP contribution in [0.15, 0.2) is 28.1 Å². The number of ether oxygens (including phenoxy) is 1. The summed E-state index contributed by atoms with van der Waals surface area (Å²) in [5.74, 6) is 0.858. The SMILES string of the molecule is CCC(N)Cc1cc(OCc2csc(C)n2)ccc1Br. The summed E-state index contributed by atoms with van der Waals surface area (Å²) in [6, 6.07) is 6.21. The van der Waals surface area contributed by atoms with E-state index in [1.165, 1.54) is 5.56 Å². The Labute approximate surface area is 132 Å². The van der Waals surface area contributed by atoms with Crippen LogP contribution in [0, 0.1) is 6.92 Å². The molecule has 0 saturated carbocycles. The molecule has 1 aromatic carbocycles. The third-order valence-corrected chi connectivity index (χ3v) is 4.67. The molecule has 0 fully saturated rings. The molecule has 20 heavy (non-hydrogen) atoms. The number of hydrogen-bond acceptors (Lipinski definition) is 4. The fraction of sp³-hybridized carbons (Fsp3) is 0.400. The van der Waals surface area contributed by atoms with Gasteiger partial charge in [-0.25, -0.2) is 4.98 Å². The third-order valence-electron chi connectivity index (χ3n) is 3.08. The number of aryl methyl sites for hydroxylation is 1. The Morgan fingerprint density at radius 1 is 1.45 bits per heavy atom. The van der Waals surface area contributed by atoms with E-state index < -0.39 is 0 Å². The van der Waals surface area contributed by atoms with E-state index in [0.29, 0.717) is 6.61 Å². The first-order chi connectivity index (χ1) is 9.58. The minimum absolute atomic E-state index is 0.183. The summed E-state index contributed by atoms with van der Waals surface area (Å²) >= 11 is 5.21. The number of hydrogen-bond donors (Lipinski definition) is 1. The quantitative estimate of drug-likeness (QED) is 0.850. The molecule has 108 valence electrons. The molecule has 1 atom stereocenters. The van der Waals surface area contributed by atoms with Crippen molar-refractivity contribution in [3.8, 4) is 5.75 Å². The smallest absolute Gasteiger partial charge is 0.131 e. The maximum atomic E-state index is 6.02. The molecule has 1 heterocycles. The molecular formula is C15H19BrN2OS. The van der Waals surface area contributed by atoms with Crippen LogP contribution in [0.25, 0.3) is 0 Å². The van der Waals surface area contributed by atoms with Gasteiger partial charge in [0.1, 0.15) is 12.4 Å². The highest BCUT2D eigenvalue weighted by Gasteiger charge is 2.08. The van der Waals surface area contributed by atoms with E-state index in [2.05, 4.69) is 33.9 Å². The van der Waals surface area contributed by atoms with Crippen molar-refractivity contribution >= 4 is 27.3 Å². The predicted octanol–water partition coefficient (Wildman–Crippen LogP) is 4.07. The molecule has 0 bridgehead atoms. The summed E-state index contributed by atoms with van der Waals surface area (Å²) in [6.45, 7) is 4.60. The predicted molar refractivity (Wildman–Crippen MR) is 87.3 cm³/mol. The molecular weight excluding hydrogens is 336 g/mol. The summed E-state index contributed by atoms with van der Waals surface area (Å²) < 4.78 is 6.88. The van der Waals surface area contributed by atoms with Gasteiger partial charge in [0.25, 0.3) is 0 Å². The van der Waals surface area contributed by atoms with Crippen molar-refractivity contribution in [3.63, 3.8) is 0 Å². The van der Waals surface area contributed by atoms with Crippen molar-refractivity contribution in [1.82, 2.24) is 4.98 Å². The zero-order valence-electron chi connectivity index (χ0n) is 11.7. The minimum Gasteiger partial charge on any atom is -0.487 e. The fourth-order valence-corrected chi connectivity index (χ4v) is 2.86. The first-order valence-corrected chi connectivity index (χ1v) is 8.33. The Kier molecular flexibility index (Phi) is 5.57. The zero-order chi connectivity index (χ0) is 14.5. The first-order valence-electron chi connectivity index (χ1n) is 6.66. The zero-order valence-corrected chi connectivity index (χ0v) is 14.1. The van der Waals surface area contributed by atoms with Crippen LogP contribution in [0.2, 0.25) is 0 Å². The largest absolute Gasteiger partial charge is 0.487 e. The molecule has 3 nitrogen and oxygen atoms in total. The van der Waals surface area contributed by atoms with Gasteiger partial charge in [-0.1, -0.05) is 22.9 Å². The minimum atomic E-state index is 0.183. The van der Waals surface area contributed by atoms with Crippen LogP contribution in [0.1, 0.15) is 29.6 Å². The van der Waals surface area contributed by atoms with Gasteiger partial charge in [-0.2, -0.15) is 0 Å². The molecule has 5 heteroatoms. The maximum absolute atomic E-state index is 6.02. The van der Waals surface area contributed by atoms with E-state index in [1.807, 2.05) is 24.4 Å². The Hall–Kier alpha value is -0.910. The van der Waals surface area contributed by atoms with E-state index >= 15 is 0 Å². The van der Waals surface area contributed by atoms with Crippen LogP contribution in [0.3, 0.4) is 0 Å². The molecule has 0 saturated heterocycles. The Morgan fingerprint density at radius 3 is 2.90 bits per heavy atom. The molecule has 0 aliphatic heterocycles. The van der Waals surface area contributed by atoms with Crippen LogP contribution < -0.4 is 10.5 Å². The fourth-order valence-electron chi connectivity index (χ4n) is 1.86. The summed E-state index contributed by atoms with van der Waals surface area (Å²) in [5, 5.41) is 3.09. The van der Waals surface area contributed by atoms with E-state index in [1.54, 1.807) is 11.3 Å². The second-order valence-corrected chi connectivity index (χ2v) is 6.69. The number of thiazole rings is 1. The van der Waals surface area contributed by atoms with Gasteiger partial charge in [-0.15, -0.1) is 11.3 Å². The van der Waals surface area contributed by atoms with E-state index in [-0.39, 0.29) is 6.04 Å². The molecule has 0 radical (unpaired) electrons. The number of halogens is 1. The van der Waals surface area contributed by atoms with Crippen LogP contribution >= 0.6 is 27.3 Å². The van der Waals surface area contributed by atoms with Crippen molar-refractivity contribution in [2.75, 3.05) is 0 Å². The second kappa shape index (κ2) is 7.20. The highest BCUT2D eigenvalue weighted by Crippen LogP contribution is 2.24. The molecule has 2 rings (SSSR count). The number of aromatic nitrogens is 1. The maximum Gasteiger partial charge on any atom is 0.131 e. The van der Waals surface area contributed by atoms with Crippen molar-refractivity contribution in [2.45, 2.75) is 39.3 Å². The Bertz CT molecular complexity index is 571. The first kappa shape index (κ1) is 15.5. The average molecular weight is 355 g/mol. The normalized spacial score (nSPS) is 12.4. The molecule has 1 aromatic heterocycles. The average Bonchev–Trinajstić information content (AvgIpc) is 2.85. The molecule has 1 unspecified atom stereocenters. The molecule has 2 aromatic rings. The number of nitrogens with zero attached hydrogens (tertiary/aromatic N) is 1. The molecule has 2 N–H and O–H groups in total. The van der Waals surface area contributed by atoms with Gasteiger partial charge < -0.3 is 10.5 Å². The van der Waals surface area contributed by atoms with Crippen LogP contribution in [-0.2, 0) is 13.0 Å². The molecule has 0 spiro atoms. The Balaban J connectivity index is 2.03. The highest BCUT2D eigenvalue weighted by atomic mass is 79.9. The number of rotatable bonds is 6. The van der Waals surface area contributed by atoms with E-state index in [0.717, 1.165) is 33.8 Å². The van der Waals surface area contributed by atoms with Gasteiger partial charge in [0.2, 0.25) is 0 Å². The van der Waals surface area contributed by atoms with Crippen molar-refractivity contribution in [1.29, 1.82) is 0 Å². The van der Waals surface area contributed by atoms with Crippen molar-refractivity contribution in [2.24, 2.45) is 5.73 Å². The van der Waals surface area contributed by atoms with Gasteiger partial charge in [-0.3, -0.25) is 0 Å². The standard InChI is InChI=1S/C15H19BrN2OS/c1-3-12(17)6-11-7-14(4-5-15(11)16)19-8-13-9-20-10(2)18-13/h4-5,7,9,12H,3,6,8,17H2,1-2H3. The van der Waals surface area contributed by atoms with Crippen LogP contribution in [0.5, 0.6) is 5.75 Å². The number of nitrogens with two attached hydrogens (primary N) is 1. The lowest BCUT2D eigenvalue weighted by molar-refractivity contribution is 0.301. The van der Waals surface area contributed by atoms with E-state index in [4.69, 9.17) is 10.5 Å². The van der Waals surface area contributed by atoms with Crippen LogP contribution in [0.4, 0.5) is 0 Å². The van der Waals surface area contributed by atoms with Crippen molar-refractivity contribution in [3.05, 3.63) is 44.3 Å². The van der Waals surface area contributed by atoms with Crippen LogP contribution in [-0.4, -0.2) is 11.0 Å². The van der Waals surface area contributed by atoms with Gasteiger partial charge >= 0.3 is 0 Å². The molecule has 0 amide bonds. The second-order valence-electron chi connectivity index (χ2n) is 4.77. The summed E-state index contributed by atoms with van der Waals surface area (Å²) in [7, 11) is 0. The van der Waals surface area contributed by atoms with E-state index in [9.17, 15) is 0 Å². The Morgan fingerprint density at radius 2 is 2.25 bits per heavy atom. The van der Waals surface area contributed by atoms with Gasteiger partial charge in [0.15, 0.2) is 0 Å². The summed E-state index contributed by atoms with van der Waals surface area (Å²) in [5.41, 5.74) is 8.18. The molecule has 0 aliphatic rings. The lowest BCUT2D eigenvalue weighted by Gasteiger charge is -2.12. The summed E-state index contributed by atoms with van der Waals surface area (Å²) in [4.78, 5) is 4.39. The van der Waals surface area contributed by atoms with Gasteiger partial charge in [0, 0.05) is 15.9 Å². The van der Waals surface area contributed by atoms with Crippen molar-refractivity contribution < 1.29 is 4.74 Å². The van der Waals surface area contributed by atoms with Gasteiger partial charge in [-0.05, 0) is 43.5 Å². The molecule has 0 aliphatic carbocycles. The monoisotopic (exact) mass is 354 g/mol. The van der Waals surface area contributed by atoms with Gasteiger partial charge in [0.05, 0.1) is 10.7 Å². The third kappa shape index (κ3) is 4.30. The summed E-state index contributed by atoms with van der Waals surface area (Å²) in [6.07, 6.45) is 1.82. The highest BCUT2D eigenvalue weighted by molar-refractivity contribution is 9.10. The lowest BCUT2D eigenvalue weighted by Crippen LogP contribution is -2.21. The number of benzene rings is 1. The topological polar surface area (TPSA) is 48.1 Å². The lowest BCUT2D eigenvalue weighted by atomic mass is 10.0.